The van der Waals surface area contributed by atoms with E-state index in [4.69, 9.17) is 4.74 Å². The number of nitrogens with one attached hydrogen (secondary N) is 1. The van der Waals surface area contributed by atoms with Gasteiger partial charge in [-0.15, -0.1) is 0 Å². The van der Waals surface area contributed by atoms with Crippen LogP contribution in [0.1, 0.15) is 373 Å². The molecule has 0 spiro atoms. The van der Waals surface area contributed by atoms with Crippen LogP contribution in [-0.2, 0) is 14.3 Å². The molecule has 0 radical (unpaired) electrons. The van der Waals surface area contributed by atoms with Crippen molar-refractivity contribution in [1.82, 2.24) is 5.32 Å². The molecule has 0 aromatic carbocycles. The second kappa shape index (κ2) is 65.6. The number of hydrogen-bond acceptors (Lipinski definition) is 5. The van der Waals surface area contributed by atoms with E-state index in [9.17, 15) is 19.8 Å². The minimum absolute atomic E-state index is 0.000334. The van der Waals surface area contributed by atoms with Crippen molar-refractivity contribution in [1.29, 1.82) is 0 Å². The van der Waals surface area contributed by atoms with Crippen molar-refractivity contribution in [2.75, 3.05) is 13.2 Å². The fourth-order valence-corrected chi connectivity index (χ4v) is 10.7. The highest BCUT2D eigenvalue weighted by molar-refractivity contribution is 5.76. The molecule has 0 bridgehead atoms. The van der Waals surface area contributed by atoms with Crippen LogP contribution >= 0.6 is 0 Å². The lowest BCUT2D eigenvalue weighted by Crippen LogP contribution is -2.45. The van der Waals surface area contributed by atoms with Crippen molar-refractivity contribution in [3.8, 4) is 0 Å². The van der Waals surface area contributed by atoms with Gasteiger partial charge in [0.15, 0.2) is 0 Å². The Kier molecular flexibility index (Phi) is 63.9. The Bertz CT molecular complexity index is 1230. The maximum Gasteiger partial charge on any atom is 0.305 e. The smallest absolute Gasteiger partial charge is 0.305 e. The van der Waals surface area contributed by atoms with Crippen molar-refractivity contribution in [3.63, 3.8) is 0 Å². The highest BCUT2D eigenvalue weighted by Gasteiger charge is 2.18. The second-order valence-electron chi connectivity index (χ2n) is 23.5. The number of unbranched alkanes of at least 4 members (excludes halogenated alkanes) is 49. The van der Waals surface area contributed by atoms with Crippen molar-refractivity contribution in [2.24, 2.45) is 0 Å². The molecule has 0 saturated carbocycles. The topological polar surface area (TPSA) is 95.9 Å². The van der Waals surface area contributed by atoms with E-state index >= 15 is 0 Å². The molecule has 0 aliphatic heterocycles. The van der Waals surface area contributed by atoms with Crippen LogP contribution in [0.3, 0.4) is 0 Å². The van der Waals surface area contributed by atoms with Crippen molar-refractivity contribution >= 4 is 11.9 Å². The van der Waals surface area contributed by atoms with Crippen LogP contribution in [-0.4, -0.2) is 47.4 Å². The number of ether oxygens (including phenoxy) is 1. The first-order chi connectivity index (χ1) is 37.5. The van der Waals surface area contributed by atoms with Gasteiger partial charge in [-0.25, -0.2) is 0 Å². The van der Waals surface area contributed by atoms with Gasteiger partial charge in [-0.3, -0.25) is 9.59 Å². The summed E-state index contributed by atoms with van der Waals surface area (Å²) >= 11 is 0. The zero-order chi connectivity index (χ0) is 55.0. The number of amides is 1. The molecule has 0 fully saturated rings. The standard InChI is InChI=1S/C70H133NO5/c1-3-5-7-9-11-13-15-17-19-20-21-22-26-29-32-35-38-42-46-50-54-58-62-68(73)67(66-72)71-69(74)63-59-55-51-47-43-39-36-33-30-27-24-23-25-28-31-34-37-41-45-49-53-57-61-65-76-70(75)64-60-56-52-48-44-40-18-16-14-12-10-8-6-4-2/h10,12,16,18,58,62,67-68,72-73H,3-9,11,13-15,17,19-57,59-61,63-66H2,1-2H3,(H,71,74)/b12-10-,18-16-,62-58+. The number of aliphatic hydroxyl groups is 2. The van der Waals surface area contributed by atoms with Gasteiger partial charge in [0.05, 0.1) is 25.4 Å². The Hall–Kier alpha value is -1.92. The number of aliphatic hydroxyl groups excluding tert-OH is 2. The maximum absolute atomic E-state index is 12.5. The third-order valence-electron chi connectivity index (χ3n) is 15.9. The Balaban J connectivity index is 3.41. The van der Waals surface area contributed by atoms with Crippen LogP contribution in [0.5, 0.6) is 0 Å². The number of carbonyl (C=O) groups is 2. The van der Waals surface area contributed by atoms with Crippen LogP contribution in [0.15, 0.2) is 36.5 Å². The van der Waals surface area contributed by atoms with Gasteiger partial charge >= 0.3 is 5.97 Å². The summed E-state index contributed by atoms with van der Waals surface area (Å²) in [6.07, 6.45) is 83.5. The molecule has 0 aliphatic carbocycles. The summed E-state index contributed by atoms with van der Waals surface area (Å²) < 4.78 is 5.48. The lowest BCUT2D eigenvalue weighted by molar-refractivity contribution is -0.143. The molecular weight excluding hydrogens is 935 g/mol. The SMILES string of the molecule is CCCC/C=C\C/C=C\CCCCCCCC(=O)OCCCCCCCCCCCCCCCCCCCCCCCCCC(=O)NC(CO)C(O)/C=C/CCCCCCCCCCCCCCCCCCCCCC. The molecular formula is C70H133NO5. The van der Waals surface area contributed by atoms with Crippen molar-refractivity contribution < 1.29 is 24.5 Å². The molecule has 0 heterocycles. The summed E-state index contributed by atoms with van der Waals surface area (Å²) in [5, 5.41) is 23.3. The van der Waals surface area contributed by atoms with Crippen LogP contribution in [0.4, 0.5) is 0 Å². The first-order valence-electron chi connectivity index (χ1n) is 34.3. The highest BCUT2D eigenvalue weighted by atomic mass is 16.5. The Morgan fingerprint density at radius 3 is 1.04 bits per heavy atom. The number of esters is 1. The van der Waals surface area contributed by atoms with Crippen molar-refractivity contribution in [2.45, 2.75) is 386 Å². The molecule has 6 nitrogen and oxygen atoms in total. The van der Waals surface area contributed by atoms with Crippen LogP contribution in [0, 0.1) is 0 Å². The number of rotatable bonds is 64. The summed E-state index contributed by atoms with van der Waals surface area (Å²) in [4.78, 5) is 24.6. The monoisotopic (exact) mass is 1070 g/mol. The minimum atomic E-state index is -0.846. The number of allylic oxidation sites excluding steroid dienone is 5. The van der Waals surface area contributed by atoms with E-state index in [2.05, 4.69) is 43.5 Å². The van der Waals surface area contributed by atoms with Gasteiger partial charge in [0.2, 0.25) is 5.91 Å². The van der Waals surface area contributed by atoms with Gasteiger partial charge in [-0.2, -0.15) is 0 Å². The van der Waals surface area contributed by atoms with E-state index in [-0.39, 0.29) is 18.5 Å². The quantitative estimate of drug-likeness (QED) is 0.0320. The van der Waals surface area contributed by atoms with Gasteiger partial charge in [-0.05, 0) is 57.8 Å². The zero-order valence-electron chi connectivity index (χ0n) is 51.3. The predicted octanol–water partition coefficient (Wildman–Crippen LogP) is 21.9. The van der Waals surface area contributed by atoms with E-state index < -0.39 is 12.1 Å². The summed E-state index contributed by atoms with van der Waals surface area (Å²) in [6.45, 7) is 4.89. The molecule has 0 rings (SSSR count). The molecule has 0 aromatic rings. The van der Waals surface area contributed by atoms with E-state index in [1.165, 1.54) is 295 Å². The molecule has 448 valence electrons. The molecule has 1 amide bonds. The average Bonchev–Trinajstić information content (AvgIpc) is 3.42. The first kappa shape index (κ1) is 74.1. The Labute approximate surface area is 474 Å². The van der Waals surface area contributed by atoms with Crippen LogP contribution in [0.2, 0.25) is 0 Å². The summed E-state index contributed by atoms with van der Waals surface area (Å²) in [5.41, 5.74) is 0. The fourth-order valence-electron chi connectivity index (χ4n) is 10.7. The zero-order valence-corrected chi connectivity index (χ0v) is 51.3. The van der Waals surface area contributed by atoms with E-state index in [0.29, 0.717) is 19.4 Å². The maximum atomic E-state index is 12.5. The van der Waals surface area contributed by atoms with E-state index in [1.807, 2.05) is 6.08 Å². The normalized spacial score (nSPS) is 12.7. The van der Waals surface area contributed by atoms with E-state index in [1.54, 1.807) is 6.08 Å². The summed E-state index contributed by atoms with van der Waals surface area (Å²) in [5.74, 6) is -0.0644. The molecule has 76 heavy (non-hydrogen) atoms. The lowest BCUT2D eigenvalue weighted by atomic mass is 10.0. The Morgan fingerprint density at radius 2 is 0.671 bits per heavy atom. The molecule has 0 aromatic heterocycles. The predicted molar refractivity (Wildman–Crippen MR) is 333 cm³/mol. The molecule has 2 unspecified atom stereocenters. The molecule has 0 saturated heterocycles. The molecule has 6 heteroatoms. The Morgan fingerprint density at radius 1 is 0.368 bits per heavy atom. The van der Waals surface area contributed by atoms with Gasteiger partial charge in [0.1, 0.15) is 0 Å². The highest BCUT2D eigenvalue weighted by Crippen LogP contribution is 2.18. The summed E-state index contributed by atoms with van der Waals surface area (Å²) in [7, 11) is 0. The van der Waals surface area contributed by atoms with Gasteiger partial charge in [-0.1, -0.05) is 339 Å². The van der Waals surface area contributed by atoms with Crippen LogP contribution in [0.25, 0.3) is 0 Å². The fraction of sp³-hybridized carbons (Fsp3) is 0.886. The van der Waals surface area contributed by atoms with Gasteiger partial charge < -0.3 is 20.3 Å². The molecule has 2 atom stereocenters. The number of carbonyl (C=O) groups excluding carboxylic acids is 2. The van der Waals surface area contributed by atoms with Crippen LogP contribution < -0.4 is 5.32 Å². The number of hydrogen-bond donors (Lipinski definition) is 3. The lowest BCUT2D eigenvalue weighted by Gasteiger charge is -2.20. The average molecular weight is 1070 g/mol. The van der Waals surface area contributed by atoms with Crippen molar-refractivity contribution in [3.05, 3.63) is 36.5 Å². The third kappa shape index (κ3) is 61.3. The minimum Gasteiger partial charge on any atom is -0.466 e. The largest absolute Gasteiger partial charge is 0.466 e. The first-order valence-corrected chi connectivity index (χ1v) is 34.3. The van der Waals surface area contributed by atoms with Gasteiger partial charge in [0.25, 0.3) is 0 Å². The summed E-state index contributed by atoms with van der Waals surface area (Å²) in [6, 6.07) is -0.629. The van der Waals surface area contributed by atoms with E-state index in [0.717, 1.165) is 51.4 Å². The molecule has 0 aliphatic rings. The molecule has 3 N–H and O–H groups in total. The van der Waals surface area contributed by atoms with Gasteiger partial charge in [0, 0.05) is 12.8 Å². The third-order valence-corrected chi connectivity index (χ3v) is 15.9. The second-order valence-corrected chi connectivity index (χ2v) is 23.5.